The molecule has 2 N–H and O–H groups in total. The molecule has 0 bridgehead atoms. The Morgan fingerprint density at radius 2 is 2.12 bits per heavy atom. The lowest BCUT2D eigenvalue weighted by Gasteiger charge is -2.39. The van der Waals surface area contributed by atoms with Crippen LogP contribution in [0.25, 0.3) is 0 Å². The minimum Gasteiger partial charge on any atom is -0.337 e. The average Bonchev–Trinajstić information content (AvgIpc) is 2.64. The van der Waals surface area contributed by atoms with Crippen molar-refractivity contribution in [2.45, 2.75) is 25.4 Å². The highest BCUT2D eigenvalue weighted by Crippen LogP contribution is 2.21. The molecule has 16 heavy (non-hydrogen) atoms. The van der Waals surface area contributed by atoms with Crippen LogP contribution >= 0.6 is 0 Å². The molecule has 0 aromatic carbocycles. The first-order valence-corrected chi connectivity index (χ1v) is 6.01. The van der Waals surface area contributed by atoms with E-state index in [1.54, 1.807) is 0 Å². The topological polar surface area (TPSA) is 49.6 Å². The molecule has 1 amide bonds. The van der Waals surface area contributed by atoms with Crippen molar-refractivity contribution in [2.75, 3.05) is 26.7 Å². The number of hydrogen-bond donors (Lipinski definition) is 1. The summed E-state index contributed by atoms with van der Waals surface area (Å²) in [5.74, 6) is 0.269. The summed E-state index contributed by atoms with van der Waals surface area (Å²) in [7, 11) is 2.10. The highest BCUT2D eigenvalue weighted by molar-refractivity contribution is 5.81. The van der Waals surface area contributed by atoms with Crippen molar-refractivity contribution in [3.63, 3.8) is 0 Å². The Morgan fingerprint density at radius 3 is 2.69 bits per heavy atom. The number of piperazine rings is 1. The van der Waals surface area contributed by atoms with Crippen LogP contribution in [0.1, 0.15) is 13.3 Å². The van der Waals surface area contributed by atoms with Crippen LogP contribution in [0.5, 0.6) is 0 Å². The fourth-order valence-corrected chi connectivity index (χ4v) is 2.59. The minimum atomic E-state index is 0.0147. The zero-order valence-corrected chi connectivity index (χ0v) is 10.1. The lowest BCUT2D eigenvalue weighted by molar-refractivity contribution is -0.138. The first-order valence-electron chi connectivity index (χ1n) is 6.01. The molecule has 0 saturated carbocycles. The van der Waals surface area contributed by atoms with Crippen LogP contribution in [0.4, 0.5) is 0 Å². The molecule has 1 heterocycles. The van der Waals surface area contributed by atoms with E-state index < -0.39 is 0 Å². The molecule has 3 atom stereocenters. The van der Waals surface area contributed by atoms with Gasteiger partial charge < -0.3 is 15.5 Å². The van der Waals surface area contributed by atoms with Crippen molar-refractivity contribution in [3.8, 4) is 0 Å². The van der Waals surface area contributed by atoms with Crippen molar-refractivity contribution >= 4 is 5.91 Å². The van der Waals surface area contributed by atoms with Gasteiger partial charge in [0.05, 0.1) is 5.92 Å². The molecule has 0 spiro atoms. The standard InChI is InChI=1S/C12H21N3O/c1-9-8-14(2)5-6-15(9)12(16)10-3-4-11(13)7-10/h3-4,9-11H,5-8,13H2,1-2H3. The van der Waals surface area contributed by atoms with Gasteiger partial charge in [-0.25, -0.2) is 0 Å². The predicted octanol–water partition coefficient (Wildman–Crippen LogP) is 0.0523. The zero-order chi connectivity index (χ0) is 11.7. The molecule has 1 aliphatic carbocycles. The molecular formula is C12H21N3O. The van der Waals surface area contributed by atoms with Gasteiger partial charge in [-0.1, -0.05) is 12.2 Å². The normalized spacial score (nSPS) is 35.7. The second kappa shape index (κ2) is 4.55. The molecule has 0 radical (unpaired) electrons. The largest absolute Gasteiger partial charge is 0.337 e. The number of nitrogens with two attached hydrogens (primary N) is 1. The van der Waals surface area contributed by atoms with Crippen LogP contribution in [0.15, 0.2) is 12.2 Å². The summed E-state index contributed by atoms with van der Waals surface area (Å²) in [5, 5.41) is 0. The Hall–Kier alpha value is -0.870. The lowest BCUT2D eigenvalue weighted by Crippen LogP contribution is -2.54. The smallest absolute Gasteiger partial charge is 0.229 e. The van der Waals surface area contributed by atoms with Gasteiger partial charge in [-0.3, -0.25) is 4.79 Å². The van der Waals surface area contributed by atoms with E-state index in [0.29, 0.717) is 6.04 Å². The molecule has 3 unspecified atom stereocenters. The zero-order valence-electron chi connectivity index (χ0n) is 10.1. The monoisotopic (exact) mass is 223 g/mol. The fourth-order valence-electron chi connectivity index (χ4n) is 2.59. The van der Waals surface area contributed by atoms with E-state index in [1.165, 1.54) is 0 Å². The summed E-state index contributed by atoms with van der Waals surface area (Å²) in [6.45, 7) is 4.90. The first-order chi connectivity index (χ1) is 7.58. The molecular weight excluding hydrogens is 202 g/mol. The third kappa shape index (κ3) is 2.28. The Bertz CT molecular complexity index is 303. The third-order valence-corrected chi connectivity index (χ3v) is 3.55. The van der Waals surface area contributed by atoms with Crippen LogP contribution in [0.3, 0.4) is 0 Å². The predicted molar refractivity (Wildman–Crippen MR) is 63.9 cm³/mol. The SMILES string of the molecule is CC1CN(C)CCN1C(=O)C1C=CC(N)C1. The van der Waals surface area contributed by atoms with Crippen LogP contribution in [-0.4, -0.2) is 54.5 Å². The number of nitrogens with zero attached hydrogens (tertiary/aromatic N) is 2. The summed E-state index contributed by atoms with van der Waals surface area (Å²) in [4.78, 5) is 16.5. The van der Waals surface area contributed by atoms with Crippen molar-refractivity contribution in [1.29, 1.82) is 0 Å². The molecule has 2 rings (SSSR count). The van der Waals surface area contributed by atoms with E-state index in [1.807, 2.05) is 17.1 Å². The van der Waals surface area contributed by atoms with Crippen molar-refractivity contribution in [2.24, 2.45) is 11.7 Å². The van der Waals surface area contributed by atoms with Crippen LogP contribution in [-0.2, 0) is 4.79 Å². The number of rotatable bonds is 1. The second-order valence-corrected chi connectivity index (χ2v) is 5.03. The lowest BCUT2D eigenvalue weighted by atomic mass is 10.0. The van der Waals surface area contributed by atoms with Gasteiger partial charge >= 0.3 is 0 Å². The van der Waals surface area contributed by atoms with Crippen LogP contribution in [0, 0.1) is 5.92 Å². The molecule has 1 saturated heterocycles. The third-order valence-electron chi connectivity index (χ3n) is 3.55. The maximum atomic E-state index is 12.3. The molecule has 0 aromatic heterocycles. The van der Waals surface area contributed by atoms with Crippen LogP contribution in [0.2, 0.25) is 0 Å². The highest BCUT2D eigenvalue weighted by Gasteiger charge is 2.31. The van der Waals surface area contributed by atoms with Gasteiger partial charge in [0.25, 0.3) is 0 Å². The van der Waals surface area contributed by atoms with Gasteiger partial charge in [-0.2, -0.15) is 0 Å². The van der Waals surface area contributed by atoms with E-state index >= 15 is 0 Å². The van der Waals surface area contributed by atoms with E-state index in [2.05, 4.69) is 18.9 Å². The summed E-state index contributed by atoms with van der Waals surface area (Å²) in [6, 6.07) is 0.383. The van der Waals surface area contributed by atoms with E-state index in [-0.39, 0.29) is 17.9 Å². The van der Waals surface area contributed by atoms with Gasteiger partial charge in [0, 0.05) is 31.7 Å². The molecule has 0 aromatic rings. The van der Waals surface area contributed by atoms with Crippen molar-refractivity contribution in [3.05, 3.63) is 12.2 Å². The van der Waals surface area contributed by atoms with Gasteiger partial charge in [0.1, 0.15) is 0 Å². The van der Waals surface area contributed by atoms with Gasteiger partial charge in [-0.15, -0.1) is 0 Å². The van der Waals surface area contributed by atoms with Gasteiger partial charge in [0.2, 0.25) is 5.91 Å². The number of amides is 1. The van der Waals surface area contributed by atoms with Crippen LogP contribution < -0.4 is 5.73 Å². The Balaban J connectivity index is 1.97. The molecule has 90 valence electrons. The van der Waals surface area contributed by atoms with Gasteiger partial charge in [0.15, 0.2) is 0 Å². The number of likely N-dealkylation sites (N-methyl/N-ethyl adjacent to an activating group) is 1. The summed E-state index contributed by atoms with van der Waals surface area (Å²) in [5.41, 5.74) is 5.78. The summed E-state index contributed by atoms with van der Waals surface area (Å²) < 4.78 is 0. The maximum absolute atomic E-state index is 12.3. The maximum Gasteiger partial charge on any atom is 0.229 e. The number of carbonyl (C=O) groups excluding carboxylic acids is 1. The Kier molecular flexibility index (Phi) is 3.30. The van der Waals surface area contributed by atoms with Crippen molar-refractivity contribution in [1.82, 2.24) is 9.80 Å². The van der Waals surface area contributed by atoms with E-state index in [4.69, 9.17) is 5.73 Å². The molecule has 2 aliphatic rings. The quantitative estimate of drug-likeness (QED) is 0.639. The number of hydrogen-bond acceptors (Lipinski definition) is 3. The molecule has 1 fully saturated rings. The Morgan fingerprint density at radius 1 is 1.38 bits per heavy atom. The first kappa shape index (κ1) is 11.6. The molecule has 4 heteroatoms. The van der Waals surface area contributed by atoms with Crippen molar-refractivity contribution < 1.29 is 4.79 Å². The Labute approximate surface area is 97.1 Å². The average molecular weight is 223 g/mol. The van der Waals surface area contributed by atoms with E-state index in [9.17, 15) is 4.79 Å². The minimum absolute atomic E-state index is 0.0147. The summed E-state index contributed by atoms with van der Waals surface area (Å²) >= 11 is 0. The fraction of sp³-hybridized carbons (Fsp3) is 0.750. The molecule has 1 aliphatic heterocycles. The second-order valence-electron chi connectivity index (χ2n) is 5.03. The van der Waals surface area contributed by atoms with E-state index in [0.717, 1.165) is 26.1 Å². The number of carbonyl (C=O) groups is 1. The summed E-state index contributed by atoms with van der Waals surface area (Å²) in [6.07, 6.45) is 4.69. The molecule has 4 nitrogen and oxygen atoms in total. The highest BCUT2D eigenvalue weighted by atomic mass is 16.2. The van der Waals surface area contributed by atoms with Gasteiger partial charge in [-0.05, 0) is 20.4 Å².